The zero-order valence-corrected chi connectivity index (χ0v) is 19.8. The lowest BCUT2D eigenvalue weighted by Crippen LogP contribution is -2.29. The molecule has 1 aliphatic rings. The van der Waals surface area contributed by atoms with Gasteiger partial charge in [-0.2, -0.15) is 0 Å². The number of halogens is 2. The molecule has 1 atom stereocenters. The van der Waals surface area contributed by atoms with Crippen LogP contribution in [-0.2, 0) is 6.54 Å². The Morgan fingerprint density at radius 3 is 2.50 bits per heavy atom. The van der Waals surface area contributed by atoms with E-state index in [4.69, 9.17) is 16.0 Å². The third-order valence-corrected chi connectivity index (χ3v) is 6.91. The summed E-state index contributed by atoms with van der Waals surface area (Å²) in [7, 11) is 0. The molecule has 0 fully saturated rings. The van der Waals surface area contributed by atoms with Crippen molar-refractivity contribution in [1.29, 1.82) is 0 Å². The summed E-state index contributed by atoms with van der Waals surface area (Å²) < 4.78 is 6.94. The molecule has 32 heavy (non-hydrogen) atoms. The first-order valence-electron chi connectivity index (χ1n) is 10.2. The Balaban J connectivity index is 1.76. The van der Waals surface area contributed by atoms with E-state index in [9.17, 15) is 9.59 Å². The first-order chi connectivity index (χ1) is 15.3. The smallest absolute Gasteiger partial charge is 0.291 e. The third-order valence-electron chi connectivity index (χ3n) is 6.04. The maximum Gasteiger partial charge on any atom is 0.291 e. The van der Waals surface area contributed by atoms with Crippen molar-refractivity contribution in [2.24, 2.45) is 0 Å². The van der Waals surface area contributed by atoms with Crippen LogP contribution in [-0.4, -0.2) is 10.8 Å². The largest absolute Gasteiger partial charge is 0.450 e. The van der Waals surface area contributed by atoms with Gasteiger partial charge in [-0.25, -0.2) is 0 Å². The summed E-state index contributed by atoms with van der Waals surface area (Å²) in [5.74, 6) is -0.218. The molecule has 160 valence electrons. The summed E-state index contributed by atoms with van der Waals surface area (Å²) in [5, 5.41) is 1.05. The van der Waals surface area contributed by atoms with Crippen LogP contribution in [0.15, 0.2) is 74.3 Å². The highest BCUT2D eigenvalue weighted by atomic mass is 79.9. The summed E-state index contributed by atoms with van der Waals surface area (Å²) in [6, 6.07) is 18.1. The van der Waals surface area contributed by atoms with E-state index in [-0.39, 0.29) is 23.6 Å². The lowest BCUT2D eigenvalue weighted by atomic mass is 9.97. The van der Waals surface area contributed by atoms with Crippen molar-refractivity contribution in [1.82, 2.24) is 4.90 Å². The molecular weight excluding hydrogens is 490 g/mol. The van der Waals surface area contributed by atoms with Crippen LogP contribution in [0.3, 0.4) is 0 Å². The SMILES string of the molecule is Cc1cc2oc3c(c(=O)c2cc1C)C(c1cccc(Br)c1)N(Cc1ccccc1Cl)C3=O. The monoisotopic (exact) mass is 507 g/mol. The highest BCUT2D eigenvalue weighted by Crippen LogP contribution is 2.40. The molecule has 1 aromatic heterocycles. The van der Waals surface area contributed by atoms with Gasteiger partial charge in [-0.05, 0) is 66.4 Å². The minimum absolute atomic E-state index is 0.0998. The first kappa shape index (κ1) is 21.0. The molecule has 3 aromatic carbocycles. The number of benzene rings is 3. The van der Waals surface area contributed by atoms with Crippen molar-refractivity contribution in [3.8, 4) is 0 Å². The molecule has 0 saturated heterocycles. The van der Waals surface area contributed by atoms with Crippen LogP contribution in [0, 0.1) is 13.8 Å². The second kappa shape index (κ2) is 7.91. The Morgan fingerprint density at radius 2 is 1.75 bits per heavy atom. The van der Waals surface area contributed by atoms with Gasteiger partial charge in [0.25, 0.3) is 5.91 Å². The molecule has 6 heteroatoms. The summed E-state index contributed by atoms with van der Waals surface area (Å²) in [6.07, 6.45) is 0. The van der Waals surface area contributed by atoms with Gasteiger partial charge < -0.3 is 9.32 Å². The Morgan fingerprint density at radius 1 is 1.00 bits per heavy atom. The van der Waals surface area contributed by atoms with E-state index in [0.29, 0.717) is 21.6 Å². The Bertz CT molecular complexity index is 1460. The van der Waals surface area contributed by atoms with E-state index in [2.05, 4.69) is 15.9 Å². The van der Waals surface area contributed by atoms with Crippen LogP contribution in [0.25, 0.3) is 11.0 Å². The van der Waals surface area contributed by atoms with E-state index in [1.54, 1.807) is 11.0 Å². The molecule has 1 amide bonds. The average molecular weight is 509 g/mol. The summed E-state index contributed by atoms with van der Waals surface area (Å²) in [5.41, 5.74) is 4.26. The van der Waals surface area contributed by atoms with Crippen LogP contribution >= 0.6 is 27.5 Å². The quantitative estimate of drug-likeness (QED) is 0.314. The minimum atomic E-state index is -0.575. The summed E-state index contributed by atoms with van der Waals surface area (Å²) >= 11 is 9.91. The molecule has 0 aliphatic carbocycles. The molecular formula is C26H19BrClNO3. The molecule has 0 bridgehead atoms. The van der Waals surface area contributed by atoms with Crippen LogP contribution in [0.1, 0.15) is 44.4 Å². The number of rotatable bonds is 3. The van der Waals surface area contributed by atoms with E-state index < -0.39 is 6.04 Å². The highest BCUT2D eigenvalue weighted by Gasteiger charge is 2.43. The molecule has 0 radical (unpaired) electrons. The van der Waals surface area contributed by atoms with Crippen molar-refractivity contribution in [2.75, 3.05) is 0 Å². The maximum absolute atomic E-state index is 13.7. The Kier molecular flexibility index (Phi) is 5.19. The minimum Gasteiger partial charge on any atom is -0.450 e. The fourth-order valence-corrected chi connectivity index (χ4v) is 4.88. The standard InChI is InChI=1S/C26H19BrClNO3/c1-14-10-19-21(11-15(14)2)32-25-22(24(19)30)23(16-7-5-8-18(27)12-16)29(26(25)31)13-17-6-3-4-9-20(17)28/h3-12,23H,13H2,1-2H3. The molecule has 0 N–H and O–H groups in total. The number of amides is 1. The molecule has 1 aliphatic heterocycles. The van der Waals surface area contributed by atoms with Gasteiger partial charge in [0.05, 0.1) is 17.0 Å². The average Bonchev–Trinajstić information content (AvgIpc) is 3.03. The molecule has 5 rings (SSSR count). The molecule has 2 heterocycles. The molecule has 4 aromatic rings. The fourth-order valence-electron chi connectivity index (χ4n) is 4.27. The van der Waals surface area contributed by atoms with E-state index in [1.165, 1.54) is 0 Å². The lowest BCUT2D eigenvalue weighted by Gasteiger charge is -2.25. The number of carbonyl (C=O) groups is 1. The number of nitrogens with zero attached hydrogens (tertiary/aromatic N) is 1. The highest BCUT2D eigenvalue weighted by molar-refractivity contribution is 9.10. The van der Waals surface area contributed by atoms with Gasteiger partial charge in [0, 0.05) is 16.0 Å². The van der Waals surface area contributed by atoms with E-state index >= 15 is 0 Å². The number of aryl methyl sites for hydroxylation is 2. The van der Waals surface area contributed by atoms with Crippen molar-refractivity contribution in [2.45, 2.75) is 26.4 Å². The van der Waals surface area contributed by atoms with Gasteiger partial charge in [-0.15, -0.1) is 0 Å². The fraction of sp³-hybridized carbons (Fsp3) is 0.154. The van der Waals surface area contributed by atoms with Crippen molar-refractivity contribution in [3.05, 3.63) is 114 Å². The maximum atomic E-state index is 13.7. The third kappa shape index (κ3) is 3.37. The van der Waals surface area contributed by atoms with Gasteiger partial charge >= 0.3 is 0 Å². The van der Waals surface area contributed by atoms with Crippen molar-refractivity contribution < 1.29 is 9.21 Å². The van der Waals surface area contributed by atoms with E-state index in [1.807, 2.05) is 68.4 Å². The zero-order valence-electron chi connectivity index (χ0n) is 17.5. The summed E-state index contributed by atoms with van der Waals surface area (Å²) in [6.45, 7) is 4.17. The van der Waals surface area contributed by atoms with Gasteiger partial charge in [0.15, 0.2) is 5.43 Å². The molecule has 0 saturated carbocycles. The van der Waals surface area contributed by atoms with Crippen molar-refractivity contribution in [3.63, 3.8) is 0 Å². The second-order valence-corrected chi connectivity index (χ2v) is 9.41. The second-order valence-electron chi connectivity index (χ2n) is 8.09. The van der Waals surface area contributed by atoms with E-state index in [0.717, 1.165) is 26.7 Å². The first-order valence-corrected chi connectivity index (χ1v) is 11.4. The normalized spacial score (nSPS) is 15.4. The number of hydrogen-bond donors (Lipinski definition) is 0. The van der Waals surface area contributed by atoms with Crippen LogP contribution < -0.4 is 5.43 Å². The predicted octanol–water partition coefficient (Wildman–Crippen LogP) is 6.57. The number of hydrogen-bond acceptors (Lipinski definition) is 3. The predicted molar refractivity (Wildman–Crippen MR) is 129 cm³/mol. The molecule has 1 unspecified atom stereocenters. The van der Waals surface area contributed by atoms with Crippen LogP contribution in [0.4, 0.5) is 0 Å². The Hall–Kier alpha value is -2.89. The van der Waals surface area contributed by atoms with Gasteiger partial charge in [-0.3, -0.25) is 9.59 Å². The lowest BCUT2D eigenvalue weighted by molar-refractivity contribution is 0.0714. The Labute approximate surface area is 198 Å². The number of carbonyl (C=O) groups excluding carboxylic acids is 1. The molecule has 0 spiro atoms. The topological polar surface area (TPSA) is 50.5 Å². The molecule has 4 nitrogen and oxygen atoms in total. The van der Waals surface area contributed by atoms with Crippen molar-refractivity contribution >= 4 is 44.4 Å². The van der Waals surface area contributed by atoms with Gasteiger partial charge in [0.2, 0.25) is 5.76 Å². The van der Waals surface area contributed by atoms with Crippen LogP contribution in [0.2, 0.25) is 5.02 Å². The van der Waals surface area contributed by atoms with Crippen LogP contribution in [0.5, 0.6) is 0 Å². The van der Waals surface area contributed by atoms with Gasteiger partial charge in [-0.1, -0.05) is 57.9 Å². The number of fused-ring (bicyclic) bond motifs is 2. The zero-order chi connectivity index (χ0) is 22.6. The van der Waals surface area contributed by atoms with Gasteiger partial charge in [0.1, 0.15) is 5.58 Å². The summed E-state index contributed by atoms with van der Waals surface area (Å²) in [4.78, 5) is 28.9.